The van der Waals surface area contributed by atoms with E-state index >= 15 is 0 Å². The van der Waals surface area contributed by atoms with Gasteiger partial charge in [0.15, 0.2) is 0 Å². The Morgan fingerprint density at radius 1 is 1.00 bits per heavy atom. The first-order chi connectivity index (χ1) is 10.6. The second-order valence-electron chi connectivity index (χ2n) is 5.54. The van der Waals surface area contributed by atoms with E-state index in [1.54, 1.807) is 0 Å². The molecule has 3 nitrogen and oxygen atoms in total. The van der Waals surface area contributed by atoms with Gasteiger partial charge in [-0.15, -0.1) is 0 Å². The van der Waals surface area contributed by atoms with Crippen LogP contribution in [0.1, 0.15) is 16.8 Å². The Morgan fingerprint density at radius 2 is 1.77 bits per heavy atom. The summed E-state index contributed by atoms with van der Waals surface area (Å²) in [5, 5.41) is 4.00. The summed E-state index contributed by atoms with van der Waals surface area (Å²) in [6, 6.07) is 17.8. The van der Waals surface area contributed by atoms with E-state index in [-0.39, 0.29) is 5.91 Å². The molecular weight excluding hydrogens is 272 g/mol. The fourth-order valence-corrected chi connectivity index (χ4v) is 2.43. The van der Waals surface area contributed by atoms with Gasteiger partial charge in [-0.05, 0) is 31.5 Å². The van der Waals surface area contributed by atoms with E-state index in [4.69, 9.17) is 0 Å². The second kappa shape index (κ2) is 5.98. The minimum absolute atomic E-state index is 0.0281. The maximum Gasteiger partial charge on any atom is 0.228 e. The molecular formula is C19H18N2O. The van der Waals surface area contributed by atoms with Gasteiger partial charge >= 0.3 is 0 Å². The lowest BCUT2D eigenvalue weighted by Gasteiger charge is -2.09. The zero-order valence-corrected chi connectivity index (χ0v) is 12.8. The molecule has 0 bridgehead atoms. The van der Waals surface area contributed by atoms with Crippen LogP contribution in [0.2, 0.25) is 0 Å². The molecule has 0 spiro atoms. The summed E-state index contributed by atoms with van der Waals surface area (Å²) in [7, 11) is 0. The van der Waals surface area contributed by atoms with Gasteiger partial charge < -0.3 is 5.32 Å². The lowest BCUT2D eigenvalue weighted by Crippen LogP contribution is -2.14. The van der Waals surface area contributed by atoms with Gasteiger partial charge in [0.25, 0.3) is 0 Å². The average Bonchev–Trinajstić information content (AvgIpc) is 2.50. The smallest absolute Gasteiger partial charge is 0.228 e. The van der Waals surface area contributed by atoms with E-state index < -0.39 is 0 Å². The lowest BCUT2D eigenvalue weighted by molar-refractivity contribution is -0.115. The summed E-state index contributed by atoms with van der Waals surface area (Å²) in [6.07, 6.45) is 0.364. The molecule has 3 heteroatoms. The number of carbonyl (C=O) groups is 1. The standard InChI is InChI=1S/C19H18N2O/c1-13-6-9-15(10-7-13)12-18(22)21-17-5-3-4-16-11-8-14(2)20-19(16)17/h3-11H,12H2,1-2H3,(H,21,22). The summed E-state index contributed by atoms with van der Waals surface area (Å²) in [5.41, 5.74) is 4.73. The van der Waals surface area contributed by atoms with Crippen LogP contribution in [0.5, 0.6) is 0 Å². The largest absolute Gasteiger partial charge is 0.324 e. The average molecular weight is 290 g/mol. The molecule has 0 radical (unpaired) electrons. The summed E-state index contributed by atoms with van der Waals surface area (Å²) in [5.74, 6) is -0.0281. The Kier molecular flexibility index (Phi) is 3.88. The zero-order chi connectivity index (χ0) is 15.5. The molecule has 0 atom stereocenters. The van der Waals surface area contributed by atoms with Crippen molar-refractivity contribution in [3.05, 3.63) is 71.4 Å². The monoisotopic (exact) mass is 290 g/mol. The van der Waals surface area contributed by atoms with E-state index in [1.165, 1.54) is 5.56 Å². The molecule has 0 saturated carbocycles. The number of carbonyl (C=O) groups excluding carboxylic acids is 1. The molecule has 3 rings (SSSR count). The molecule has 0 aliphatic rings. The zero-order valence-electron chi connectivity index (χ0n) is 12.8. The van der Waals surface area contributed by atoms with Crippen molar-refractivity contribution in [3.8, 4) is 0 Å². The Bertz CT molecular complexity index is 822. The first-order valence-electron chi connectivity index (χ1n) is 7.33. The lowest BCUT2D eigenvalue weighted by atomic mass is 10.1. The highest BCUT2D eigenvalue weighted by Gasteiger charge is 2.08. The molecule has 1 aromatic heterocycles. The Morgan fingerprint density at radius 3 is 2.55 bits per heavy atom. The van der Waals surface area contributed by atoms with Gasteiger partial charge in [0.1, 0.15) is 0 Å². The van der Waals surface area contributed by atoms with Crippen LogP contribution in [-0.2, 0) is 11.2 Å². The van der Waals surface area contributed by atoms with Gasteiger partial charge in [0.05, 0.1) is 17.6 Å². The fourth-order valence-electron chi connectivity index (χ4n) is 2.43. The van der Waals surface area contributed by atoms with Crippen molar-refractivity contribution >= 4 is 22.5 Å². The van der Waals surface area contributed by atoms with Crippen LogP contribution in [0.3, 0.4) is 0 Å². The van der Waals surface area contributed by atoms with Gasteiger partial charge in [-0.25, -0.2) is 0 Å². The molecule has 110 valence electrons. The third kappa shape index (κ3) is 3.14. The van der Waals surface area contributed by atoms with Crippen LogP contribution < -0.4 is 5.32 Å². The molecule has 1 N–H and O–H groups in total. The summed E-state index contributed by atoms with van der Waals surface area (Å²) in [6.45, 7) is 3.98. The highest BCUT2D eigenvalue weighted by molar-refractivity contribution is 6.00. The molecule has 1 amide bonds. The van der Waals surface area contributed by atoms with Crippen molar-refractivity contribution in [1.29, 1.82) is 0 Å². The van der Waals surface area contributed by atoms with Gasteiger partial charge in [0, 0.05) is 11.1 Å². The molecule has 0 aliphatic carbocycles. The van der Waals surface area contributed by atoms with Crippen LogP contribution in [0, 0.1) is 13.8 Å². The summed E-state index contributed by atoms with van der Waals surface area (Å²) >= 11 is 0. The Hall–Kier alpha value is -2.68. The normalized spacial score (nSPS) is 10.6. The summed E-state index contributed by atoms with van der Waals surface area (Å²) in [4.78, 5) is 16.8. The molecule has 1 heterocycles. The number of fused-ring (bicyclic) bond motifs is 1. The van der Waals surface area contributed by atoms with E-state index in [9.17, 15) is 4.79 Å². The number of pyridine rings is 1. The maximum absolute atomic E-state index is 12.3. The van der Waals surface area contributed by atoms with Crippen molar-refractivity contribution < 1.29 is 4.79 Å². The number of aryl methyl sites for hydroxylation is 2. The number of hydrogen-bond donors (Lipinski definition) is 1. The van der Waals surface area contributed by atoms with Crippen molar-refractivity contribution in [2.75, 3.05) is 5.32 Å². The van der Waals surface area contributed by atoms with Crippen molar-refractivity contribution in [1.82, 2.24) is 4.98 Å². The first kappa shape index (κ1) is 14.3. The number of benzene rings is 2. The third-order valence-electron chi connectivity index (χ3n) is 3.62. The Balaban J connectivity index is 1.82. The van der Waals surface area contributed by atoms with E-state index in [2.05, 4.69) is 10.3 Å². The molecule has 0 unspecified atom stereocenters. The number of para-hydroxylation sites is 1. The van der Waals surface area contributed by atoms with E-state index in [1.807, 2.05) is 68.4 Å². The number of anilines is 1. The highest BCUT2D eigenvalue weighted by Crippen LogP contribution is 2.22. The Labute approximate surface area is 130 Å². The summed E-state index contributed by atoms with van der Waals surface area (Å²) < 4.78 is 0. The number of amides is 1. The van der Waals surface area contributed by atoms with Gasteiger partial charge in [-0.1, -0.05) is 48.0 Å². The van der Waals surface area contributed by atoms with Crippen molar-refractivity contribution in [2.24, 2.45) is 0 Å². The molecule has 0 fully saturated rings. The highest BCUT2D eigenvalue weighted by atomic mass is 16.1. The fraction of sp³-hybridized carbons (Fsp3) is 0.158. The van der Waals surface area contributed by atoms with Gasteiger partial charge in [0.2, 0.25) is 5.91 Å². The van der Waals surface area contributed by atoms with E-state index in [0.29, 0.717) is 6.42 Å². The minimum Gasteiger partial charge on any atom is -0.324 e. The molecule has 3 aromatic rings. The second-order valence-corrected chi connectivity index (χ2v) is 5.54. The quantitative estimate of drug-likeness (QED) is 0.791. The predicted molar refractivity (Wildman–Crippen MR) is 90.0 cm³/mol. The van der Waals surface area contributed by atoms with Gasteiger partial charge in [-0.3, -0.25) is 9.78 Å². The van der Waals surface area contributed by atoms with Crippen LogP contribution in [-0.4, -0.2) is 10.9 Å². The number of nitrogens with one attached hydrogen (secondary N) is 1. The number of rotatable bonds is 3. The molecule has 0 saturated heterocycles. The first-order valence-corrected chi connectivity index (χ1v) is 7.33. The van der Waals surface area contributed by atoms with Crippen LogP contribution >= 0.6 is 0 Å². The topological polar surface area (TPSA) is 42.0 Å². The predicted octanol–water partition coefficient (Wildman–Crippen LogP) is 4.03. The third-order valence-corrected chi connectivity index (χ3v) is 3.62. The van der Waals surface area contributed by atoms with Crippen LogP contribution in [0.4, 0.5) is 5.69 Å². The minimum atomic E-state index is -0.0281. The van der Waals surface area contributed by atoms with Crippen molar-refractivity contribution in [2.45, 2.75) is 20.3 Å². The number of hydrogen-bond acceptors (Lipinski definition) is 2. The van der Waals surface area contributed by atoms with Crippen molar-refractivity contribution in [3.63, 3.8) is 0 Å². The number of aromatic nitrogens is 1. The molecule has 0 aliphatic heterocycles. The molecule has 2 aromatic carbocycles. The SMILES string of the molecule is Cc1ccc(CC(=O)Nc2cccc3ccc(C)nc23)cc1. The maximum atomic E-state index is 12.3. The van der Waals surface area contributed by atoms with Crippen LogP contribution in [0.15, 0.2) is 54.6 Å². The van der Waals surface area contributed by atoms with Crippen LogP contribution in [0.25, 0.3) is 10.9 Å². The van der Waals surface area contributed by atoms with E-state index in [0.717, 1.165) is 27.8 Å². The molecule has 22 heavy (non-hydrogen) atoms. The van der Waals surface area contributed by atoms with Gasteiger partial charge in [-0.2, -0.15) is 0 Å². The number of nitrogens with zero attached hydrogens (tertiary/aromatic N) is 1.